The normalized spacial score (nSPS) is 9.73. The number of amides is 1. The van der Waals surface area contributed by atoms with Crippen LogP contribution in [0.3, 0.4) is 0 Å². The molecule has 0 spiro atoms. The van der Waals surface area contributed by atoms with Crippen molar-refractivity contribution in [2.24, 2.45) is 11.6 Å². The first-order valence-electron chi connectivity index (χ1n) is 4.69. The van der Waals surface area contributed by atoms with Crippen molar-refractivity contribution >= 4 is 11.7 Å². The molecule has 0 bridgehead atoms. The van der Waals surface area contributed by atoms with Crippen molar-refractivity contribution in [3.05, 3.63) is 23.9 Å². The first-order valence-corrected chi connectivity index (χ1v) is 4.69. The highest BCUT2D eigenvalue weighted by Crippen LogP contribution is 2.02. The molecule has 15 heavy (non-hydrogen) atoms. The van der Waals surface area contributed by atoms with Crippen LogP contribution in [0.15, 0.2) is 18.3 Å². The van der Waals surface area contributed by atoms with Crippen molar-refractivity contribution in [1.29, 1.82) is 0 Å². The fraction of sp³-hybridized carbons (Fsp3) is 0.333. The van der Waals surface area contributed by atoms with Gasteiger partial charge in [0.05, 0.1) is 5.56 Å². The Morgan fingerprint density at radius 2 is 2.27 bits per heavy atom. The van der Waals surface area contributed by atoms with Gasteiger partial charge >= 0.3 is 0 Å². The highest BCUT2D eigenvalue weighted by molar-refractivity contribution is 5.93. The van der Waals surface area contributed by atoms with Gasteiger partial charge in [0.2, 0.25) is 0 Å². The van der Waals surface area contributed by atoms with Gasteiger partial charge in [0, 0.05) is 12.7 Å². The van der Waals surface area contributed by atoms with Gasteiger partial charge in [-0.2, -0.15) is 0 Å². The molecule has 0 aliphatic carbocycles. The van der Waals surface area contributed by atoms with Gasteiger partial charge < -0.3 is 16.5 Å². The van der Waals surface area contributed by atoms with Crippen LogP contribution in [0.5, 0.6) is 0 Å². The molecule has 1 aromatic rings. The second kappa shape index (κ2) is 5.94. The van der Waals surface area contributed by atoms with E-state index in [-0.39, 0.29) is 5.91 Å². The van der Waals surface area contributed by atoms with Crippen LogP contribution < -0.4 is 22.3 Å². The number of anilines is 1. The molecule has 6 heteroatoms. The highest BCUT2D eigenvalue weighted by Gasteiger charge is 2.04. The number of hydrogen-bond donors (Lipinski definition) is 4. The number of nitrogens with two attached hydrogens (primary N) is 2. The summed E-state index contributed by atoms with van der Waals surface area (Å²) in [6.07, 6.45) is 2.23. The number of nitrogens with one attached hydrogen (secondary N) is 2. The van der Waals surface area contributed by atoms with Gasteiger partial charge in [-0.1, -0.05) is 0 Å². The van der Waals surface area contributed by atoms with Crippen LogP contribution in [0.4, 0.5) is 5.82 Å². The van der Waals surface area contributed by atoms with Crippen molar-refractivity contribution in [2.75, 3.05) is 18.5 Å². The first-order chi connectivity index (χ1) is 7.27. The maximum Gasteiger partial charge on any atom is 0.252 e. The van der Waals surface area contributed by atoms with Gasteiger partial charge in [0.15, 0.2) is 0 Å². The molecule has 1 amide bonds. The van der Waals surface area contributed by atoms with E-state index in [1.165, 1.54) is 6.20 Å². The van der Waals surface area contributed by atoms with Crippen molar-refractivity contribution in [1.82, 2.24) is 10.3 Å². The summed E-state index contributed by atoms with van der Waals surface area (Å²) in [7, 11) is 0. The number of nitrogen functional groups attached to an aromatic ring is 1. The summed E-state index contributed by atoms with van der Waals surface area (Å²) in [5.74, 6) is 5.52. The summed E-state index contributed by atoms with van der Waals surface area (Å²) < 4.78 is 0. The monoisotopic (exact) mass is 209 g/mol. The smallest absolute Gasteiger partial charge is 0.252 e. The van der Waals surface area contributed by atoms with E-state index >= 15 is 0 Å². The fourth-order valence-corrected chi connectivity index (χ4v) is 1.02. The first kappa shape index (κ1) is 11.4. The van der Waals surface area contributed by atoms with E-state index in [1.54, 1.807) is 12.1 Å². The summed E-state index contributed by atoms with van der Waals surface area (Å²) in [5, 5.41) is 2.73. The second-order valence-corrected chi connectivity index (χ2v) is 2.97. The third kappa shape index (κ3) is 3.53. The molecule has 0 aromatic carbocycles. The van der Waals surface area contributed by atoms with E-state index < -0.39 is 0 Å². The van der Waals surface area contributed by atoms with Crippen molar-refractivity contribution in [3.8, 4) is 0 Å². The largest absolute Gasteiger partial charge is 0.352 e. The predicted octanol–water partition coefficient (Wildman–Crippen LogP) is -0.554. The van der Waals surface area contributed by atoms with Gasteiger partial charge in [-0.25, -0.2) is 10.8 Å². The SMILES string of the molecule is NCCCNC(=O)c1ccc(NN)nc1. The molecule has 0 fully saturated rings. The Balaban J connectivity index is 2.50. The molecule has 1 rings (SSSR count). The van der Waals surface area contributed by atoms with E-state index in [2.05, 4.69) is 15.7 Å². The molecule has 0 unspecified atom stereocenters. The lowest BCUT2D eigenvalue weighted by molar-refractivity contribution is 0.0953. The molecule has 82 valence electrons. The number of aromatic nitrogens is 1. The Morgan fingerprint density at radius 1 is 1.47 bits per heavy atom. The average molecular weight is 209 g/mol. The van der Waals surface area contributed by atoms with Gasteiger partial charge in [0.25, 0.3) is 5.91 Å². The standard InChI is InChI=1S/C9H15N5O/c10-4-1-5-12-9(15)7-2-3-8(14-11)13-6-7/h2-3,6H,1,4-5,10-11H2,(H,12,15)(H,13,14). The van der Waals surface area contributed by atoms with Crippen LogP contribution in [0.1, 0.15) is 16.8 Å². The molecular formula is C9H15N5O. The molecule has 0 atom stereocenters. The van der Waals surface area contributed by atoms with Crippen LogP contribution in [0.25, 0.3) is 0 Å². The van der Waals surface area contributed by atoms with Crippen LogP contribution in [0.2, 0.25) is 0 Å². The summed E-state index contributed by atoms with van der Waals surface area (Å²) in [4.78, 5) is 15.4. The Hall–Kier alpha value is -1.66. The number of pyridine rings is 1. The maximum atomic E-state index is 11.5. The minimum Gasteiger partial charge on any atom is -0.352 e. The zero-order valence-corrected chi connectivity index (χ0v) is 8.36. The zero-order valence-electron chi connectivity index (χ0n) is 8.36. The van der Waals surface area contributed by atoms with Crippen molar-refractivity contribution < 1.29 is 4.79 Å². The third-order valence-electron chi connectivity index (χ3n) is 1.84. The van der Waals surface area contributed by atoms with E-state index in [0.717, 1.165) is 6.42 Å². The van der Waals surface area contributed by atoms with Crippen LogP contribution in [-0.4, -0.2) is 24.0 Å². The lowest BCUT2D eigenvalue weighted by Crippen LogP contribution is -2.26. The zero-order chi connectivity index (χ0) is 11.1. The number of carbonyl (C=O) groups is 1. The van der Waals surface area contributed by atoms with E-state index in [4.69, 9.17) is 11.6 Å². The van der Waals surface area contributed by atoms with E-state index in [1.807, 2.05) is 0 Å². The lowest BCUT2D eigenvalue weighted by atomic mass is 10.2. The summed E-state index contributed by atoms with van der Waals surface area (Å²) >= 11 is 0. The van der Waals surface area contributed by atoms with Crippen molar-refractivity contribution in [3.63, 3.8) is 0 Å². The third-order valence-corrected chi connectivity index (χ3v) is 1.84. The average Bonchev–Trinajstić information content (AvgIpc) is 2.29. The van der Waals surface area contributed by atoms with Crippen LogP contribution in [0, 0.1) is 0 Å². The second-order valence-electron chi connectivity index (χ2n) is 2.97. The van der Waals surface area contributed by atoms with Crippen molar-refractivity contribution in [2.45, 2.75) is 6.42 Å². The molecule has 1 aromatic heterocycles. The Bertz CT molecular complexity index is 311. The van der Waals surface area contributed by atoms with Crippen LogP contribution >= 0.6 is 0 Å². The fourth-order valence-electron chi connectivity index (χ4n) is 1.02. The summed E-state index contributed by atoms with van der Waals surface area (Å²) in [6, 6.07) is 3.29. The molecular weight excluding hydrogens is 194 g/mol. The maximum absolute atomic E-state index is 11.5. The molecule has 6 nitrogen and oxygen atoms in total. The highest BCUT2D eigenvalue weighted by atomic mass is 16.1. The molecule has 1 heterocycles. The Kier molecular flexibility index (Phi) is 4.52. The summed E-state index contributed by atoms with van der Waals surface area (Å²) in [5.41, 5.74) is 8.20. The molecule has 0 radical (unpaired) electrons. The summed E-state index contributed by atoms with van der Waals surface area (Å²) in [6.45, 7) is 1.14. The number of hydrazine groups is 1. The molecule has 0 saturated heterocycles. The minimum atomic E-state index is -0.153. The minimum absolute atomic E-state index is 0.153. The molecule has 0 aliphatic heterocycles. The molecule has 0 aliphatic rings. The number of hydrogen-bond acceptors (Lipinski definition) is 5. The molecule has 0 saturated carbocycles. The lowest BCUT2D eigenvalue weighted by Gasteiger charge is -2.04. The van der Waals surface area contributed by atoms with Gasteiger partial charge in [-0.3, -0.25) is 4.79 Å². The number of carbonyl (C=O) groups excluding carboxylic acids is 1. The predicted molar refractivity (Wildman–Crippen MR) is 58.1 cm³/mol. The van der Waals surface area contributed by atoms with E-state index in [9.17, 15) is 4.79 Å². The molecule has 6 N–H and O–H groups in total. The van der Waals surface area contributed by atoms with Crippen LogP contribution in [-0.2, 0) is 0 Å². The Morgan fingerprint density at radius 3 is 2.80 bits per heavy atom. The van der Waals surface area contributed by atoms with Gasteiger partial charge in [-0.05, 0) is 25.1 Å². The van der Waals surface area contributed by atoms with Gasteiger partial charge in [-0.15, -0.1) is 0 Å². The van der Waals surface area contributed by atoms with Gasteiger partial charge in [0.1, 0.15) is 5.82 Å². The van der Waals surface area contributed by atoms with E-state index in [0.29, 0.717) is 24.5 Å². The topological polar surface area (TPSA) is 106 Å². The number of rotatable bonds is 5. The number of nitrogens with zero attached hydrogens (tertiary/aromatic N) is 1. The Labute approximate surface area is 88.0 Å². The quantitative estimate of drug-likeness (QED) is 0.295.